The lowest BCUT2D eigenvalue weighted by molar-refractivity contribution is -0.167. The van der Waals surface area contributed by atoms with E-state index in [1.165, 1.54) is 186 Å². The molecule has 80 heavy (non-hydrogen) atoms. The fourth-order valence-electron chi connectivity index (χ4n) is 9.68. The fourth-order valence-corrected chi connectivity index (χ4v) is 9.68. The molecule has 0 aromatic carbocycles. The van der Waals surface area contributed by atoms with Crippen molar-refractivity contribution >= 4 is 17.9 Å². The highest BCUT2D eigenvalue weighted by Gasteiger charge is 2.19. The number of carbonyl (C=O) groups excluding carboxylic acids is 3. The van der Waals surface area contributed by atoms with Crippen molar-refractivity contribution in [1.82, 2.24) is 0 Å². The lowest BCUT2D eigenvalue weighted by atomic mass is 10.0. The Balaban J connectivity index is 4.20. The Morgan fingerprint density at radius 2 is 0.512 bits per heavy atom. The molecule has 0 saturated carbocycles. The maximum Gasteiger partial charge on any atom is 0.306 e. The Morgan fingerprint density at radius 1 is 0.263 bits per heavy atom. The van der Waals surface area contributed by atoms with Gasteiger partial charge in [0.2, 0.25) is 0 Å². The van der Waals surface area contributed by atoms with Gasteiger partial charge in [-0.25, -0.2) is 0 Å². The zero-order valence-corrected chi connectivity index (χ0v) is 52.8. The summed E-state index contributed by atoms with van der Waals surface area (Å²) in [5.74, 6) is -0.881. The third-order valence-electron chi connectivity index (χ3n) is 14.8. The van der Waals surface area contributed by atoms with Crippen LogP contribution < -0.4 is 0 Å². The third kappa shape index (κ3) is 65.1. The van der Waals surface area contributed by atoms with E-state index in [0.29, 0.717) is 19.3 Å². The molecule has 0 radical (unpaired) electrons. The molecule has 1 unspecified atom stereocenters. The molecular weight excluding hydrogens is 985 g/mol. The molecule has 0 amide bonds. The summed E-state index contributed by atoms with van der Waals surface area (Å²) in [5.41, 5.74) is 0. The van der Waals surface area contributed by atoms with Gasteiger partial charge in [-0.15, -0.1) is 0 Å². The van der Waals surface area contributed by atoms with Crippen molar-refractivity contribution in [2.45, 2.75) is 341 Å². The van der Waals surface area contributed by atoms with Crippen molar-refractivity contribution in [1.29, 1.82) is 0 Å². The van der Waals surface area contributed by atoms with Crippen molar-refractivity contribution < 1.29 is 28.6 Å². The molecule has 6 heteroatoms. The largest absolute Gasteiger partial charge is 0.462 e. The van der Waals surface area contributed by atoms with Crippen molar-refractivity contribution in [2.75, 3.05) is 13.2 Å². The number of rotatable bonds is 62. The number of allylic oxidation sites excluding steroid dienone is 16. The van der Waals surface area contributed by atoms with Crippen LogP contribution in [0.1, 0.15) is 335 Å². The van der Waals surface area contributed by atoms with E-state index in [1.807, 2.05) is 0 Å². The van der Waals surface area contributed by atoms with Gasteiger partial charge in [0.1, 0.15) is 13.2 Å². The first-order valence-electron chi connectivity index (χ1n) is 34.2. The zero-order chi connectivity index (χ0) is 57.8. The number of carbonyl (C=O) groups is 3. The number of unbranched alkanes of at least 4 members (excludes halogenated alkanes) is 35. The Labute approximate surface area is 496 Å². The molecule has 6 nitrogen and oxygen atoms in total. The van der Waals surface area contributed by atoms with Gasteiger partial charge >= 0.3 is 17.9 Å². The molecule has 0 aliphatic rings. The molecule has 460 valence electrons. The second-order valence-electron chi connectivity index (χ2n) is 22.7. The van der Waals surface area contributed by atoms with Crippen LogP contribution in [-0.2, 0) is 28.6 Å². The standard InChI is InChI=1S/C74H128O6/c1-4-7-10-13-16-19-22-24-26-28-30-32-34-35-36-37-38-39-41-42-44-46-48-50-52-55-58-61-64-67-73(76)79-70-71(69-78-72(75)66-63-60-57-54-21-18-15-12-9-6-3)80-74(77)68-65-62-59-56-53-51-49-47-45-43-40-33-31-29-27-25-23-20-17-14-11-8-5-2/h7,10,12,15-16,19,23-26,29-32,35-36,71H,4-6,8-9,11,13-14,17-18,20-22,27-28,33-34,37-70H2,1-3H3/b10-7-,15-12-,19-16-,25-23-,26-24-,31-29-,32-30-,36-35-. The van der Waals surface area contributed by atoms with Crippen LogP contribution in [-0.4, -0.2) is 37.2 Å². The summed E-state index contributed by atoms with van der Waals surface area (Å²) in [6.45, 7) is 6.48. The van der Waals surface area contributed by atoms with Crippen LogP contribution >= 0.6 is 0 Å². The van der Waals surface area contributed by atoms with Crippen LogP contribution in [0.4, 0.5) is 0 Å². The minimum atomic E-state index is -0.783. The van der Waals surface area contributed by atoms with E-state index in [2.05, 4.69) is 118 Å². The predicted octanol–water partition coefficient (Wildman–Crippen LogP) is 23.6. The predicted molar refractivity (Wildman–Crippen MR) is 348 cm³/mol. The lowest BCUT2D eigenvalue weighted by Crippen LogP contribution is -2.30. The normalized spacial score (nSPS) is 12.7. The maximum absolute atomic E-state index is 12.9. The first-order chi connectivity index (χ1) is 39.5. The number of ether oxygens (including phenoxy) is 3. The lowest BCUT2D eigenvalue weighted by Gasteiger charge is -2.18. The van der Waals surface area contributed by atoms with Crippen LogP contribution in [0.5, 0.6) is 0 Å². The molecule has 0 heterocycles. The Hall–Kier alpha value is -3.67. The van der Waals surface area contributed by atoms with Gasteiger partial charge in [-0.05, 0) is 116 Å². The van der Waals surface area contributed by atoms with Gasteiger partial charge in [0.15, 0.2) is 6.10 Å². The summed E-state index contributed by atoms with van der Waals surface area (Å²) >= 11 is 0. The minimum absolute atomic E-state index is 0.0794. The molecule has 0 fully saturated rings. The smallest absolute Gasteiger partial charge is 0.306 e. The van der Waals surface area contributed by atoms with Crippen LogP contribution in [0.25, 0.3) is 0 Å². The molecule has 0 aromatic heterocycles. The molecule has 0 aromatic rings. The molecule has 0 aliphatic heterocycles. The quantitative estimate of drug-likeness (QED) is 0.0261. The van der Waals surface area contributed by atoms with Crippen molar-refractivity contribution in [3.63, 3.8) is 0 Å². The van der Waals surface area contributed by atoms with Gasteiger partial charge in [-0.1, -0.05) is 298 Å². The van der Waals surface area contributed by atoms with Crippen molar-refractivity contribution in [2.24, 2.45) is 0 Å². The summed E-state index contributed by atoms with van der Waals surface area (Å²) in [6.07, 6.45) is 91.5. The van der Waals surface area contributed by atoms with Crippen molar-refractivity contribution in [3.05, 3.63) is 97.2 Å². The SMILES string of the molecule is CC/C=C\C/C=C\C/C=C\C/C=C\C/C=C\CCCCCCCCCCCCCCCC(=O)OCC(COC(=O)CCCCCCC/C=C\CCC)OC(=O)CCCCCCCCCCCCC/C=C\C/C=C\CCCCCCC. The fraction of sp³-hybridized carbons (Fsp3) is 0.743. The maximum atomic E-state index is 12.9. The van der Waals surface area contributed by atoms with Crippen LogP contribution in [0.2, 0.25) is 0 Å². The second kappa shape index (κ2) is 67.8. The molecule has 0 aliphatic carbocycles. The number of esters is 3. The van der Waals surface area contributed by atoms with Gasteiger partial charge in [-0.2, -0.15) is 0 Å². The number of hydrogen-bond donors (Lipinski definition) is 0. The monoisotopic (exact) mass is 1110 g/mol. The van der Waals surface area contributed by atoms with Crippen LogP contribution in [0.3, 0.4) is 0 Å². The molecule has 0 bridgehead atoms. The molecular formula is C74H128O6. The minimum Gasteiger partial charge on any atom is -0.462 e. The first-order valence-corrected chi connectivity index (χ1v) is 34.2. The Bertz CT molecular complexity index is 1560. The highest BCUT2D eigenvalue weighted by atomic mass is 16.6. The topological polar surface area (TPSA) is 78.9 Å². The van der Waals surface area contributed by atoms with Gasteiger partial charge in [0.25, 0.3) is 0 Å². The summed E-state index contributed by atoms with van der Waals surface area (Å²) in [4.78, 5) is 38.3. The molecule has 0 rings (SSSR count). The van der Waals surface area contributed by atoms with Crippen LogP contribution in [0.15, 0.2) is 97.2 Å². The molecule has 0 spiro atoms. The van der Waals surface area contributed by atoms with Gasteiger partial charge in [0.05, 0.1) is 0 Å². The van der Waals surface area contributed by atoms with E-state index in [0.717, 1.165) is 109 Å². The average Bonchev–Trinajstić information content (AvgIpc) is 3.46. The van der Waals surface area contributed by atoms with E-state index in [9.17, 15) is 14.4 Å². The number of hydrogen-bond acceptors (Lipinski definition) is 6. The van der Waals surface area contributed by atoms with Gasteiger partial charge in [0, 0.05) is 19.3 Å². The van der Waals surface area contributed by atoms with E-state index in [4.69, 9.17) is 14.2 Å². The summed E-state index contributed by atoms with van der Waals surface area (Å²) in [6, 6.07) is 0. The summed E-state index contributed by atoms with van der Waals surface area (Å²) in [5, 5.41) is 0. The Kier molecular flexibility index (Phi) is 64.7. The highest BCUT2D eigenvalue weighted by molar-refractivity contribution is 5.71. The van der Waals surface area contributed by atoms with Gasteiger partial charge in [-0.3, -0.25) is 14.4 Å². The van der Waals surface area contributed by atoms with Crippen LogP contribution in [0, 0.1) is 0 Å². The molecule has 0 N–H and O–H groups in total. The molecule has 0 saturated heterocycles. The summed E-state index contributed by atoms with van der Waals surface area (Å²) in [7, 11) is 0. The highest BCUT2D eigenvalue weighted by Crippen LogP contribution is 2.17. The Morgan fingerprint density at radius 3 is 0.825 bits per heavy atom. The van der Waals surface area contributed by atoms with Crippen molar-refractivity contribution in [3.8, 4) is 0 Å². The second-order valence-corrected chi connectivity index (χ2v) is 22.7. The van der Waals surface area contributed by atoms with E-state index in [1.54, 1.807) is 0 Å². The van der Waals surface area contributed by atoms with E-state index in [-0.39, 0.29) is 31.1 Å². The van der Waals surface area contributed by atoms with Gasteiger partial charge < -0.3 is 14.2 Å². The van der Waals surface area contributed by atoms with E-state index < -0.39 is 6.10 Å². The first kappa shape index (κ1) is 76.3. The average molecular weight is 1110 g/mol. The third-order valence-corrected chi connectivity index (χ3v) is 14.8. The zero-order valence-electron chi connectivity index (χ0n) is 52.8. The summed E-state index contributed by atoms with van der Waals surface area (Å²) < 4.78 is 16.9. The van der Waals surface area contributed by atoms with E-state index >= 15 is 0 Å². The molecule has 1 atom stereocenters.